The zero-order valence-electron chi connectivity index (χ0n) is 16.5. The van der Waals surface area contributed by atoms with Crippen LogP contribution in [-0.4, -0.2) is 64.4 Å². The molecule has 3 aromatic rings. The first-order valence-corrected chi connectivity index (χ1v) is 10.1. The van der Waals surface area contributed by atoms with Crippen LogP contribution in [0.25, 0.3) is 10.7 Å². The van der Waals surface area contributed by atoms with Crippen LogP contribution >= 0.6 is 11.3 Å². The number of nitrogens with one attached hydrogen (secondary N) is 1. The number of carbonyl (C=O) groups excluding carboxylic acids is 2. The number of alkyl halides is 3. The number of nitrogens with zero attached hydrogens (tertiary/aromatic N) is 4. The number of ether oxygens (including phenoxy) is 1. The summed E-state index contributed by atoms with van der Waals surface area (Å²) >= 11 is 0.915. The second kappa shape index (κ2) is 8.70. The van der Waals surface area contributed by atoms with Crippen molar-refractivity contribution < 1.29 is 36.5 Å². The Hall–Kier alpha value is -3.26. The van der Waals surface area contributed by atoms with E-state index in [1.807, 2.05) is 0 Å². The third-order valence-electron chi connectivity index (χ3n) is 4.69. The Labute approximate surface area is 182 Å². The predicted molar refractivity (Wildman–Crippen MR) is 102 cm³/mol. The molecule has 3 aromatic heterocycles. The van der Waals surface area contributed by atoms with Gasteiger partial charge in [0.15, 0.2) is 0 Å². The van der Waals surface area contributed by atoms with Gasteiger partial charge in [0.25, 0.3) is 11.8 Å². The largest absolute Gasteiger partial charge is 0.471 e. The van der Waals surface area contributed by atoms with Gasteiger partial charge in [0.1, 0.15) is 11.3 Å². The highest BCUT2D eigenvalue weighted by atomic mass is 32.1. The summed E-state index contributed by atoms with van der Waals surface area (Å²) in [4.78, 5) is 30.7. The van der Waals surface area contributed by atoms with Gasteiger partial charge in [-0.3, -0.25) is 9.59 Å². The molecule has 1 aliphatic heterocycles. The lowest BCUT2D eigenvalue weighted by molar-refractivity contribution is -0.159. The molecule has 1 fully saturated rings. The molecule has 1 atom stereocenters. The molecule has 0 unspecified atom stereocenters. The van der Waals surface area contributed by atoms with Gasteiger partial charge in [-0.15, -0.1) is 11.3 Å². The van der Waals surface area contributed by atoms with Crippen LogP contribution in [0, 0.1) is 6.92 Å². The van der Waals surface area contributed by atoms with Crippen molar-refractivity contribution in [2.24, 2.45) is 0 Å². The fraction of sp³-hybridized carbons (Fsp3) is 0.389. The van der Waals surface area contributed by atoms with Crippen LogP contribution in [0.2, 0.25) is 0 Å². The maximum Gasteiger partial charge on any atom is 0.471 e. The third-order valence-corrected chi connectivity index (χ3v) is 5.77. The van der Waals surface area contributed by atoms with Gasteiger partial charge in [-0.25, -0.2) is 0 Å². The number of morpholine rings is 1. The minimum atomic E-state index is -4.75. The summed E-state index contributed by atoms with van der Waals surface area (Å²) in [6, 6.07) is 2.46. The number of hydrogen-bond donors (Lipinski definition) is 1. The van der Waals surface area contributed by atoms with E-state index in [2.05, 4.69) is 25.1 Å². The van der Waals surface area contributed by atoms with Crippen molar-refractivity contribution in [1.29, 1.82) is 0 Å². The van der Waals surface area contributed by atoms with Crippen LogP contribution in [0.4, 0.5) is 13.2 Å². The van der Waals surface area contributed by atoms with Gasteiger partial charge in [0, 0.05) is 13.1 Å². The molecule has 0 aliphatic carbocycles. The molecule has 0 aromatic carbocycles. The van der Waals surface area contributed by atoms with E-state index >= 15 is 0 Å². The molecule has 4 heterocycles. The van der Waals surface area contributed by atoms with E-state index in [0.29, 0.717) is 24.5 Å². The third kappa shape index (κ3) is 4.50. The minimum absolute atomic E-state index is 0.114. The molecule has 1 aliphatic rings. The minimum Gasteiger partial charge on any atom is -0.377 e. The first-order chi connectivity index (χ1) is 15.2. The first-order valence-electron chi connectivity index (χ1n) is 9.33. The molecule has 0 bridgehead atoms. The summed E-state index contributed by atoms with van der Waals surface area (Å²) < 4.78 is 52.5. The van der Waals surface area contributed by atoms with Gasteiger partial charge in [-0.05, 0) is 19.1 Å². The SMILES string of the molecule is Cc1oncc1C(=O)N1CCOC[C@@H]1CNC(=O)c1ccc(-c2noc(C(F)(F)F)n2)s1. The highest BCUT2D eigenvalue weighted by Gasteiger charge is 2.38. The van der Waals surface area contributed by atoms with E-state index < -0.39 is 24.0 Å². The summed E-state index contributed by atoms with van der Waals surface area (Å²) in [6.45, 7) is 2.68. The van der Waals surface area contributed by atoms with E-state index in [4.69, 9.17) is 9.26 Å². The second-order valence-electron chi connectivity index (χ2n) is 6.82. The van der Waals surface area contributed by atoms with Crippen LogP contribution in [0.5, 0.6) is 0 Å². The van der Waals surface area contributed by atoms with Crippen molar-refractivity contribution in [3.63, 3.8) is 0 Å². The first kappa shape index (κ1) is 22.0. The van der Waals surface area contributed by atoms with Crippen LogP contribution in [0.1, 0.15) is 31.7 Å². The molecule has 1 N–H and O–H groups in total. The van der Waals surface area contributed by atoms with Gasteiger partial charge in [0.05, 0.1) is 35.2 Å². The number of halogens is 3. The van der Waals surface area contributed by atoms with Crippen molar-refractivity contribution >= 4 is 23.2 Å². The quantitative estimate of drug-likeness (QED) is 0.602. The van der Waals surface area contributed by atoms with Gasteiger partial charge >= 0.3 is 12.1 Å². The fourth-order valence-corrected chi connectivity index (χ4v) is 3.91. The van der Waals surface area contributed by atoms with E-state index in [9.17, 15) is 22.8 Å². The maximum atomic E-state index is 12.8. The maximum absolute atomic E-state index is 12.8. The summed E-state index contributed by atoms with van der Waals surface area (Å²) in [5.74, 6) is -2.06. The molecular weight excluding hydrogens is 455 g/mol. The Balaban J connectivity index is 1.40. The molecule has 4 rings (SSSR count). The summed E-state index contributed by atoms with van der Waals surface area (Å²) in [5.41, 5.74) is 0.337. The van der Waals surface area contributed by atoms with Gasteiger partial charge in [-0.1, -0.05) is 10.3 Å². The van der Waals surface area contributed by atoms with E-state index in [0.717, 1.165) is 11.3 Å². The predicted octanol–water partition coefficient (Wildman–Crippen LogP) is 2.38. The second-order valence-corrected chi connectivity index (χ2v) is 7.90. The number of carbonyl (C=O) groups is 2. The van der Waals surface area contributed by atoms with Crippen LogP contribution in [-0.2, 0) is 10.9 Å². The van der Waals surface area contributed by atoms with Crippen molar-refractivity contribution in [3.05, 3.63) is 40.4 Å². The average molecular weight is 471 g/mol. The standard InChI is InChI=1S/C18H16F3N5O5S/c1-9-11(7-23-30-9)16(28)26-4-5-29-8-10(26)6-22-15(27)13-3-2-12(32-13)14-24-17(31-25-14)18(19,20)21/h2-3,7,10H,4-6,8H2,1H3,(H,22,27)/t10-/m0/s1. The Morgan fingerprint density at radius 3 is 2.81 bits per heavy atom. The van der Waals surface area contributed by atoms with Gasteiger partial charge in [0.2, 0.25) is 5.82 Å². The van der Waals surface area contributed by atoms with Crippen LogP contribution in [0.3, 0.4) is 0 Å². The fourth-order valence-electron chi connectivity index (χ4n) is 3.07. The van der Waals surface area contributed by atoms with E-state index in [-0.39, 0.29) is 34.6 Å². The van der Waals surface area contributed by atoms with E-state index in [1.54, 1.807) is 11.8 Å². The number of aromatic nitrogens is 3. The monoisotopic (exact) mass is 471 g/mol. The zero-order valence-corrected chi connectivity index (χ0v) is 17.3. The van der Waals surface area contributed by atoms with E-state index in [1.165, 1.54) is 18.3 Å². The van der Waals surface area contributed by atoms with Crippen molar-refractivity contribution in [1.82, 2.24) is 25.5 Å². The van der Waals surface area contributed by atoms with Gasteiger partial charge in [-0.2, -0.15) is 18.2 Å². The summed E-state index contributed by atoms with van der Waals surface area (Å²) in [6.07, 6.45) is -3.41. The lowest BCUT2D eigenvalue weighted by Crippen LogP contribution is -2.53. The Morgan fingerprint density at radius 2 is 2.12 bits per heavy atom. The number of hydrogen-bond acceptors (Lipinski definition) is 9. The molecule has 14 heteroatoms. The number of thiophene rings is 1. The molecule has 32 heavy (non-hydrogen) atoms. The molecule has 0 saturated carbocycles. The lowest BCUT2D eigenvalue weighted by Gasteiger charge is -2.35. The number of amides is 2. The number of aryl methyl sites for hydroxylation is 1. The Bertz CT molecular complexity index is 1120. The topological polar surface area (TPSA) is 124 Å². The molecule has 0 spiro atoms. The molecule has 10 nitrogen and oxygen atoms in total. The highest BCUT2D eigenvalue weighted by Crippen LogP contribution is 2.31. The average Bonchev–Trinajstić information content (AvgIpc) is 3.51. The van der Waals surface area contributed by atoms with Crippen molar-refractivity contribution in [2.45, 2.75) is 19.1 Å². The summed E-state index contributed by atoms with van der Waals surface area (Å²) in [7, 11) is 0. The van der Waals surface area contributed by atoms with Gasteiger partial charge < -0.3 is 24.0 Å². The van der Waals surface area contributed by atoms with Crippen LogP contribution < -0.4 is 5.32 Å². The lowest BCUT2D eigenvalue weighted by atomic mass is 10.1. The van der Waals surface area contributed by atoms with Crippen molar-refractivity contribution in [2.75, 3.05) is 26.3 Å². The van der Waals surface area contributed by atoms with Crippen molar-refractivity contribution in [3.8, 4) is 10.7 Å². The molecule has 0 radical (unpaired) electrons. The molecule has 1 saturated heterocycles. The summed E-state index contributed by atoms with van der Waals surface area (Å²) in [5, 5.41) is 9.64. The Kier molecular flexibility index (Phi) is 5.97. The Morgan fingerprint density at radius 1 is 1.31 bits per heavy atom. The molecular formula is C18H16F3N5O5S. The smallest absolute Gasteiger partial charge is 0.377 e. The molecule has 170 valence electrons. The normalized spacial score (nSPS) is 16.9. The van der Waals surface area contributed by atoms with Crippen LogP contribution in [0.15, 0.2) is 27.4 Å². The highest BCUT2D eigenvalue weighted by molar-refractivity contribution is 7.17. The molecule has 2 amide bonds. The zero-order chi connectivity index (χ0) is 22.9. The number of rotatable bonds is 5.